The van der Waals surface area contributed by atoms with Crippen molar-refractivity contribution in [3.05, 3.63) is 70.4 Å². The van der Waals surface area contributed by atoms with Crippen LogP contribution in [0, 0.1) is 0 Å². The van der Waals surface area contributed by atoms with E-state index in [0.29, 0.717) is 28.8 Å². The molecule has 0 bridgehead atoms. The highest BCUT2D eigenvalue weighted by molar-refractivity contribution is 6.06. The van der Waals surface area contributed by atoms with Gasteiger partial charge in [-0.05, 0) is 43.2 Å². The molecule has 1 amide bonds. The second-order valence-electron chi connectivity index (χ2n) is 6.90. The summed E-state index contributed by atoms with van der Waals surface area (Å²) in [7, 11) is 0. The van der Waals surface area contributed by atoms with Crippen LogP contribution in [0.3, 0.4) is 0 Å². The predicted octanol–water partition coefficient (Wildman–Crippen LogP) is 3.47. The number of anilines is 1. The van der Waals surface area contributed by atoms with Crippen molar-refractivity contribution in [2.45, 2.75) is 25.8 Å². The Morgan fingerprint density at radius 2 is 2.00 bits per heavy atom. The van der Waals surface area contributed by atoms with Crippen LogP contribution in [0.15, 0.2) is 53.3 Å². The molecule has 1 aliphatic heterocycles. The summed E-state index contributed by atoms with van der Waals surface area (Å²) in [6.07, 6.45) is 2.90. The minimum Gasteiger partial charge on any atom is -0.351 e. The molecule has 6 nitrogen and oxygen atoms in total. The van der Waals surface area contributed by atoms with E-state index in [4.69, 9.17) is 0 Å². The molecule has 0 saturated carbocycles. The van der Waals surface area contributed by atoms with E-state index in [1.54, 1.807) is 22.8 Å². The number of amides is 1. The first-order valence-corrected chi connectivity index (χ1v) is 9.12. The van der Waals surface area contributed by atoms with Crippen molar-refractivity contribution < 1.29 is 4.79 Å². The number of H-pyrrole nitrogens is 1. The van der Waals surface area contributed by atoms with Gasteiger partial charge in [0.2, 0.25) is 0 Å². The second kappa shape index (κ2) is 6.09. The Labute approximate surface area is 154 Å². The third-order valence-electron chi connectivity index (χ3n) is 5.10. The average Bonchev–Trinajstić information content (AvgIpc) is 3.13. The highest BCUT2D eigenvalue weighted by Gasteiger charge is 2.16. The van der Waals surface area contributed by atoms with Crippen molar-refractivity contribution in [1.29, 1.82) is 0 Å². The first kappa shape index (κ1) is 15.8. The number of aromatic nitrogens is 3. The summed E-state index contributed by atoms with van der Waals surface area (Å²) in [4.78, 5) is 33.1. The molecule has 6 heteroatoms. The molecule has 134 valence electrons. The van der Waals surface area contributed by atoms with Crippen LogP contribution in [0.5, 0.6) is 0 Å². The lowest BCUT2D eigenvalue weighted by molar-refractivity contribution is 0.102. The maximum Gasteiger partial charge on any atom is 0.272 e. The highest BCUT2D eigenvalue weighted by Crippen LogP contribution is 2.20. The number of benzene rings is 2. The molecule has 0 spiro atoms. The molecule has 0 atom stereocenters. The monoisotopic (exact) mass is 358 g/mol. The van der Waals surface area contributed by atoms with E-state index in [0.717, 1.165) is 36.0 Å². The van der Waals surface area contributed by atoms with Crippen LogP contribution < -0.4 is 10.9 Å². The summed E-state index contributed by atoms with van der Waals surface area (Å²) in [5.41, 5.74) is 2.63. The van der Waals surface area contributed by atoms with E-state index in [1.807, 2.05) is 30.3 Å². The number of carbonyl (C=O) groups is 1. The van der Waals surface area contributed by atoms with Gasteiger partial charge in [-0.15, -0.1) is 0 Å². The van der Waals surface area contributed by atoms with Gasteiger partial charge in [0.25, 0.3) is 11.5 Å². The Morgan fingerprint density at radius 1 is 1.11 bits per heavy atom. The molecular formula is C21H18N4O2. The van der Waals surface area contributed by atoms with E-state index in [1.165, 1.54) is 0 Å². The first-order valence-electron chi connectivity index (χ1n) is 9.12. The summed E-state index contributed by atoms with van der Waals surface area (Å²) >= 11 is 0. The van der Waals surface area contributed by atoms with Gasteiger partial charge in [-0.1, -0.05) is 18.2 Å². The molecule has 0 unspecified atom stereocenters. The SMILES string of the molecule is O=C(Nc1ccc2nc3n(c(=O)c2c1)CCCC3)c1cc2ccccc2[nH]1. The van der Waals surface area contributed by atoms with E-state index < -0.39 is 0 Å². The van der Waals surface area contributed by atoms with E-state index in [2.05, 4.69) is 15.3 Å². The number of rotatable bonds is 2. The first-order chi connectivity index (χ1) is 13.2. The van der Waals surface area contributed by atoms with Crippen LogP contribution in [-0.4, -0.2) is 20.4 Å². The molecule has 1 aliphatic rings. The predicted molar refractivity (Wildman–Crippen MR) is 105 cm³/mol. The van der Waals surface area contributed by atoms with Crippen molar-refractivity contribution >= 4 is 33.4 Å². The minimum absolute atomic E-state index is 0.0311. The molecule has 0 radical (unpaired) electrons. The topological polar surface area (TPSA) is 79.8 Å². The lowest BCUT2D eigenvalue weighted by atomic mass is 10.1. The van der Waals surface area contributed by atoms with Gasteiger partial charge in [0.15, 0.2) is 0 Å². The summed E-state index contributed by atoms with van der Waals surface area (Å²) in [6, 6.07) is 14.9. The lowest BCUT2D eigenvalue weighted by Crippen LogP contribution is -2.28. The zero-order valence-electron chi connectivity index (χ0n) is 14.7. The average molecular weight is 358 g/mol. The number of aromatic amines is 1. The van der Waals surface area contributed by atoms with Crippen LogP contribution in [0.2, 0.25) is 0 Å². The molecular weight excluding hydrogens is 340 g/mol. The zero-order valence-corrected chi connectivity index (χ0v) is 14.7. The van der Waals surface area contributed by atoms with Gasteiger partial charge in [-0.3, -0.25) is 14.2 Å². The normalized spacial score (nSPS) is 13.6. The van der Waals surface area contributed by atoms with Gasteiger partial charge in [0, 0.05) is 29.6 Å². The van der Waals surface area contributed by atoms with Crippen molar-refractivity contribution in [3.8, 4) is 0 Å². The third kappa shape index (κ3) is 2.70. The van der Waals surface area contributed by atoms with Crippen molar-refractivity contribution in [3.63, 3.8) is 0 Å². The molecule has 27 heavy (non-hydrogen) atoms. The molecule has 0 fully saturated rings. The maximum absolute atomic E-state index is 12.8. The highest BCUT2D eigenvalue weighted by atomic mass is 16.2. The van der Waals surface area contributed by atoms with Gasteiger partial charge in [0.1, 0.15) is 11.5 Å². The second-order valence-corrected chi connectivity index (χ2v) is 6.90. The molecule has 3 heterocycles. The van der Waals surface area contributed by atoms with Gasteiger partial charge in [-0.25, -0.2) is 4.98 Å². The molecule has 4 aromatic rings. The molecule has 2 aromatic carbocycles. The third-order valence-corrected chi connectivity index (χ3v) is 5.10. The summed E-state index contributed by atoms with van der Waals surface area (Å²) in [6.45, 7) is 0.711. The Balaban J connectivity index is 1.50. The number of para-hydroxylation sites is 1. The summed E-state index contributed by atoms with van der Waals surface area (Å²) in [5, 5.41) is 4.39. The van der Waals surface area contributed by atoms with Gasteiger partial charge in [0.05, 0.1) is 10.9 Å². The quantitative estimate of drug-likeness (QED) is 0.576. The Morgan fingerprint density at radius 3 is 2.89 bits per heavy atom. The number of nitrogens with one attached hydrogen (secondary N) is 2. The number of hydrogen-bond acceptors (Lipinski definition) is 3. The lowest BCUT2D eigenvalue weighted by Gasteiger charge is -2.18. The Hall–Kier alpha value is -3.41. The van der Waals surface area contributed by atoms with Gasteiger partial charge < -0.3 is 10.3 Å². The number of hydrogen-bond donors (Lipinski definition) is 2. The van der Waals surface area contributed by atoms with Crippen LogP contribution >= 0.6 is 0 Å². The van der Waals surface area contributed by atoms with E-state index in [9.17, 15) is 9.59 Å². The van der Waals surface area contributed by atoms with E-state index in [-0.39, 0.29) is 11.5 Å². The van der Waals surface area contributed by atoms with Crippen molar-refractivity contribution in [1.82, 2.24) is 14.5 Å². The fourth-order valence-corrected chi connectivity index (χ4v) is 3.71. The maximum atomic E-state index is 12.8. The van der Waals surface area contributed by atoms with E-state index >= 15 is 0 Å². The largest absolute Gasteiger partial charge is 0.351 e. The number of carbonyl (C=O) groups excluding carboxylic acids is 1. The Kier molecular flexibility index (Phi) is 3.57. The van der Waals surface area contributed by atoms with Gasteiger partial charge in [-0.2, -0.15) is 0 Å². The molecule has 5 rings (SSSR count). The Bertz CT molecular complexity index is 1220. The summed E-state index contributed by atoms with van der Waals surface area (Å²) < 4.78 is 1.76. The zero-order chi connectivity index (χ0) is 18.4. The van der Waals surface area contributed by atoms with Crippen molar-refractivity contribution in [2.24, 2.45) is 0 Å². The fraction of sp³-hybridized carbons (Fsp3) is 0.190. The van der Waals surface area contributed by atoms with Crippen LogP contribution in [0.1, 0.15) is 29.2 Å². The standard InChI is InChI=1S/C21H18N4O2/c26-20(18-11-13-5-1-2-6-16(13)23-18)22-14-8-9-17-15(12-14)21(27)25-10-4-3-7-19(25)24-17/h1-2,5-6,8-9,11-12,23H,3-4,7,10H2,(H,22,26). The molecule has 0 saturated heterocycles. The number of aryl methyl sites for hydroxylation is 1. The summed E-state index contributed by atoms with van der Waals surface area (Å²) in [5.74, 6) is 0.616. The fourth-order valence-electron chi connectivity index (χ4n) is 3.71. The molecule has 2 aromatic heterocycles. The smallest absolute Gasteiger partial charge is 0.272 e. The molecule has 2 N–H and O–H groups in total. The van der Waals surface area contributed by atoms with Crippen LogP contribution in [-0.2, 0) is 13.0 Å². The van der Waals surface area contributed by atoms with Crippen LogP contribution in [0.4, 0.5) is 5.69 Å². The minimum atomic E-state index is -0.239. The number of fused-ring (bicyclic) bond motifs is 3. The van der Waals surface area contributed by atoms with Crippen molar-refractivity contribution in [2.75, 3.05) is 5.32 Å². The molecule has 0 aliphatic carbocycles. The van der Waals surface area contributed by atoms with Gasteiger partial charge >= 0.3 is 0 Å². The van der Waals surface area contributed by atoms with Crippen LogP contribution in [0.25, 0.3) is 21.8 Å². The number of nitrogens with zero attached hydrogens (tertiary/aromatic N) is 2.